The summed E-state index contributed by atoms with van der Waals surface area (Å²) in [6.45, 7) is 4.76. The van der Waals surface area contributed by atoms with Gasteiger partial charge in [0.25, 0.3) is 0 Å². The monoisotopic (exact) mass is 615 g/mol. The van der Waals surface area contributed by atoms with Gasteiger partial charge >= 0.3 is 96.3 Å². The van der Waals surface area contributed by atoms with Crippen molar-refractivity contribution in [3.8, 4) is 0 Å². The van der Waals surface area contributed by atoms with Crippen LogP contribution in [0.5, 0.6) is 0 Å². The number of hydrogen-bond acceptors (Lipinski definition) is 0. The topological polar surface area (TPSA) is 0 Å². The molecule has 0 aromatic carbocycles. The summed E-state index contributed by atoms with van der Waals surface area (Å²) < 4.78 is 1.59. The number of allylic oxidation sites excluding steroid dienone is 4. The van der Waals surface area contributed by atoms with Crippen molar-refractivity contribution in [1.29, 1.82) is 0 Å². The fourth-order valence-corrected chi connectivity index (χ4v) is 0.340. The molecular formula is C7H8Cl2Sb3Zr. The van der Waals surface area contributed by atoms with Crippen LogP contribution in [0.15, 0.2) is 22.3 Å². The van der Waals surface area contributed by atoms with Crippen molar-refractivity contribution >= 4 is 59.5 Å². The van der Waals surface area contributed by atoms with Crippen molar-refractivity contribution in [1.82, 2.24) is 0 Å². The molecule has 69 valence electrons. The van der Waals surface area contributed by atoms with Gasteiger partial charge in [-0.3, -0.25) is 6.08 Å². The van der Waals surface area contributed by atoms with Gasteiger partial charge < -0.3 is 24.8 Å². The molecule has 0 bridgehead atoms. The first-order valence-electron chi connectivity index (χ1n) is 2.54. The normalized spacial score (nSPS) is 8.08. The molecule has 0 nitrogen and oxygen atoms in total. The van der Waals surface area contributed by atoms with Crippen LogP contribution in [0, 0.1) is 12.7 Å². The fourth-order valence-electron chi connectivity index (χ4n) is 0.340. The Kier molecular flexibility index (Phi) is 83.1. The van der Waals surface area contributed by atoms with Gasteiger partial charge in [-0.2, -0.15) is 6.08 Å². The van der Waals surface area contributed by atoms with Crippen LogP contribution in [0.4, 0.5) is 0 Å². The zero-order valence-corrected chi connectivity index (χ0v) is 18.7. The Morgan fingerprint density at radius 2 is 1.77 bits per heavy atom. The van der Waals surface area contributed by atoms with Gasteiger partial charge in [-0.05, 0) is 0 Å². The Morgan fingerprint density at radius 1 is 1.38 bits per heavy atom. The smallest absolute Gasteiger partial charge is 4.00 e. The molecule has 0 fully saturated rings. The molecule has 0 amide bonds. The maximum absolute atomic E-state index is 4.76. The SMILES string of the molecule is [C-]1=CC=CC1.[CH-]=[CH][SbH].[Cl-].[Cl-].[Sb]=[Sb].[Zr+4]. The standard InChI is InChI=1S/C5H5.C2H2.2ClH.3Sb.Zr.H/c1-2-4-5-3-1;1-2;;;;;;;/h1-3H,4H2;1-2H;2*1H;;;;;/q2*-1;;;;;;+4;/p-2. The Morgan fingerprint density at radius 3 is 1.85 bits per heavy atom. The molecule has 13 heavy (non-hydrogen) atoms. The number of halogens is 2. The Labute approximate surface area is 149 Å². The summed E-state index contributed by atoms with van der Waals surface area (Å²) in [6, 6.07) is 0. The zero-order valence-electron chi connectivity index (χ0n) is 6.74. The Balaban J connectivity index is -0.0000000244. The second-order valence-electron chi connectivity index (χ2n) is 1.17. The molecule has 0 saturated heterocycles. The first kappa shape index (κ1) is 29.8. The van der Waals surface area contributed by atoms with Crippen LogP contribution in [0.3, 0.4) is 0 Å². The minimum absolute atomic E-state index is 0. The van der Waals surface area contributed by atoms with Crippen LogP contribution in [0.1, 0.15) is 6.42 Å². The van der Waals surface area contributed by atoms with Gasteiger partial charge in [0.1, 0.15) is 0 Å². The van der Waals surface area contributed by atoms with Crippen molar-refractivity contribution < 1.29 is 51.0 Å². The summed E-state index contributed by atoms with van der Waals surface area (Å²) >= 11 is 4.89. The van der Waals surface area contributed by atoms with Gasteiger partial charge in [0.05, 0.1) is 0 Å². The summed E-state index contributed by atoms with van der Waals surface area (Å²) in [6.07, 6.45) is 10.0. The van der Waals surface area contributed by atoms with Crippen LogP contribution < -0.4 is 24.8 Å². The van der Waals surface area contributed by atoms with Gasteiger partial charge in [-0.25, -0.2) is 12.2 Å². The van der Waals surface area contributed by atoms with Crippen LogP contribution in [-0.2, 0) is 26.2 Å². The first-order chi connectivity index (χ1) is 4.91. The van der Waals surface area contributed by atoms with Crippen LogP contribution >= 0.6 is 0 Å². The van der Waals surface area contributed by atoms with E-state index in [1.54, 1.807) is 40.5 Å². The molecule has 0 heterocycles. The average molecular weight is 620 g/mol. The molecule has 0 saturated carbocycles. The summed E-state index contributed by atoms with van der Waals surface area (Å²) in [5.41, 5.74) is 0. The van der Waals surface area contributed by atoms with E-state index < -0.39 is 0 Å². The van der Waals surface area contributed by atoms with E-state index >= 15 is 0 Å². The molecule has 1 aliphatic carbocycles. The van der Waals surface area contributed by atoms with Gasteiger partial charge in [0.2, 0.25) is 0 Å². The van der Waals surface area contributed by atoms with Crippen molar-refractivity contribution in [2.24, 2.45) is 0 Å². The van der Waals surface area contributed by atoms with Crippen LogP contribution in [0.25, 0.3) is 0 Å². The van der Waals surface area contributed by atoms with Gasteiger partial charge in [0, 0.05) is 0 Å². The van der Waals surface area contributed by atoms with E-state index in [1.807, 2.05) is 12.2 Å². The predicted molar refractivity (Wildman–Crippen MR) is 49.1 cm³/mol. The molecular weight excluding hydrogens is 611 g/mol. The van der Waals surface area contributed by atoms with Gasteiger partial charge in [-0.1, -0.05) is 0 Å². The van der Waals surface area contributed by atoms with Crippen molar-refractivity contribution in [2.45, 2.75) is 6.42 Å². The third-order valence-corrected chi connectivity index (χ3v) is 0.586. The molecule has 1 aliphatic rings. The van der Waals surface area contributed by atoms with Crippen molar-refractivity contribution in [3.63, 3.8) is 0 Å². The van der Waals surface area contributed by atoms with E-state index in [1.165, 1.54) is 23.0 Å². The maximum Gasteiger partial charge on any atom is 4.00 e. The third kappa shape index (κ3) is 39.5. The third-order valence-electron chi connectivity index (χ3n) is 0.586. The average Bonchev–Trinajstić information content (AvgIpc) is 2.48. The van der Waals surface area contributed by atoms with E-state index in [0.717, 1.165) is 6.42 Å². The summed E-state index contributed by atoms with van der Waals surface area (Å²) in [5, 5.41) is 0. The van der Waals surface area contributed by atoms with E-state index in [2.05, 4.69) is 12.2 Å². The van der Waals surface area contributed by atoms with E-state index in [9.17, 15) is 0 Å². The van der Waals surface area contributed by atoms with E-state index in [-0.39, 0.29) is 51.0 Å². The largest absolute Gasteiger partial charge is 4.00 e. The quantitative estimate of drug-likeness (QED) is 0.188. The second-order valence-corrected chi connectivity index (χ2v) is 2.12. The molecule has 0 N–H and O–H groups in total. The van der Waals surface area contributed by atoms with Gasteiger partial charge in [0.15, 0.2) is 0 Å². The molecule has 0 atom stereocenters. The molecule has 0 spiro atoms. The second kappa shape index (κ2) is 36.2. The Hall–Kier alpha value is 3.14. The van der Waals surface area contributed by atoms with Crippen LogP contribution in [-0.4, -0.2) is 59.5 Å². The Bertz CT molecular complexity index is 119. The summed E-state index contributed by atoms with van der Waals surface area (Å²) in [7, 11) is 0. The van der Waals surface area contributed by atoms with E-state index in [4.69, 9.17) is 6.58 Å². The molecule has 6 heteroatoms. The van der Waals surface area contributed by atoms with E-state index in [0.29, 0.717) is 0 Å². The molecule has 1 rings (SSSR count). The first-order valence-corrected chi connectivity index (χ1v) is 13.0. The minimum atomic E-state index is 0. The zero-order chi connectivity index (χ0) is 8.24. The molecule has 0 aromatic heterocycles. The maximum atomic E-state index is 4.76. The van der Waals surface area contributed by atoms with Crippen LogP contribution in [0.2, 0.25) is 0 Å². The van der Waals surface area contributed by atoms with Crippen molar-refractivity contribution in [2.75, 3.05) is 0 Å². The predicted octanol–water partition coefficient (Wildman–Crippen LogP) is -5.62. The van der Waals surface area contributed by atoms with Crippen molar-refractivity contribution in [3.05, 3.63) is 34.9 Å². The fraction of sp³-hybridized carbons (Fsp3) is 0.143. The summed E-state index contributed by atoms with van der Waals surface area (Å²) in [5.74, 6) is 0. The minimum Gasteiger partial charge on any atom is 4.00 e. The number of rotatable bonds is 0. The molecule has 0 aliphatic heterocycles. The summed E-state index contributed by atoms with van der Waals surface area (Å²) in [4.78, 5) is 0. The van der Waals surface area contributed by atoms with Gasteiger partial charge in [-0.15, -0.1) is 6.42 Å². The molecule has 0 unspecified atom stereocenters. The molecule has 3 radical (unpaired) electrons. The number of hydrogen-bond donors (Lipinski definition) is 0. The molecule has 0 aromatic rings.